The number of halogens is 3. The Morgan fingerprint density at radius 2 is 1.58 bits per heavy atom. The Morgan fingerprint density at radius 3 is 2.08 bits per heavy atom. The lowest BCUT2D eigenvalue weighted by atomic mass is 10.0. The van der Waals surface area contributed by atoms with E-state index >= 15 is 0 Å². The quantitative estimate of drug-likeness (QED) is 0.779. The highest BCUT2D eigenvalue weighted by atomic mass is 19.4. The number of carbonyl (C=O) groups excluding carboxylic acids is 1. The minimum absolute atomic E-state index is 0.220. The summed E-state index contributed by atoms with van der Waals surface area (Å²) in [6.45, 7) is 4.24. The number of anilines is 1. The van der Waals surface area contributed by atoms with Crippen LogP contribution in [-0.4, -0.2) is 5.91 Å². The van der Waals surface area contributed by atoms with E-state index in [1.165, 1.54) is 17.7 Å². The monoisotopic (exact) mass is 335 g/mol. The van der Waals surface area contributed by atoms with E-state index in [1.807, 2.05) is 24.3 Å². The molecule has 24 heavy (non-hydrogen) atoms. The maximum Gasteiger partial charge on any atom is 0.416 e. The molecule has 0 aliphatic carbocycles. The second-order valence-electron chi connectivity index (χ2n) is 6.02. The van der Waals surface area contributed by atoms with Crippen molar-refractivity contribution in [2.75, 3.05) is 5.32 Å². The molecule has 5 heteroatoms. The van der Waals surface area contributed by atoms with E-state index < -0.39 is 11.7 Å². The Labute approximate surface area is 139 Å². The first-order chi connectivity index (χ1) is 11.3. The van der Waals surface area contributed by atoms with Crippen molar-refractivity contribution in [3.63, 3.8) is 0 Å². The zero-order valence-electron chi connectivity index (χ0n) is 13.7. The van der Waals surface area contributed by atoms with Crippen LogP contribution in [0.3, 0.4) is 0 Å². The van der Waals surface area contributed by atoms with Crippen molar-refractivity contribution >= 4 is 11.6 Å². The van der Waals surface area contributed by atoms with Crippen LogP contribution in [0.2, 0.25) is 0 Å². The molecule has 0 aliphatic heterocycles. The van der Waals surface area contributed by atoms with E-state index in [4.69, 9.17) is 0 Å². The summed E-state index contributed by atoms with van der Waals surface area (Å²) in [6, 6.07) is 12.5. The number of hydrogen-bond donors (Lipinski definition) is 1. The smallest absolute Gasteiger partial charge is 0.326 e. The number of nitrogens with one attached hydrogen (secondary N) is 1. The van der Waals surface area contributed by atoms with Gasteiger partial charge in [0.1, 0.15) is 0 Å². The minimum atomic E-state index is -4.37. The Balaban J connectivity index is 1.87. The molecule has 1 N–H and O–H groups in total. The fraction of sp³-hybridized carbons (Fsp3) is 0.316. The van der Waals surface area contributed by atoms with Gasteiger partial charge in [-0.2, -0.15) is 13.2 Å². The Morgan fingerprint density at radius 1 is 1.00 bits per heavy atom. The van der Waals surface area contributed by atoms with Crippen molar-refractivity contribution in [2.45, 2.75) is 38.8 Å². The van der Waals surface area contributed by atoms with E-state index in [0.29, 0.717) is 18.0 Å². The van der Waals surface area contributed by atoms with E-state index in [2.05, 4.69) is 19.2 Å². The zero-order chi connectivity index (χ0) is 17.7. The van der Waals surface area contributed by atoms with E-state index in [1.54, 1.807) is 0 Å². The molecule has 0 aliphatic rings. The second-order valence-corrected chi connectivity index (χ2v) is 6.02. The van der Waals surface area contributed by atoms with Gasteiger partial charge in [-0.1, -0.05) is 38.1 Å². The molecule has 0 unspecified atom stereocenters. The summed E-state index contributed by atoms with van der Waals surface area (Å²) in [6.07, 6.45) is -3.50. The third-order valence-electron chi connectivity index (χ3n) is 3.78. The molecule has 0 spiro atoms. The summed E-state index contributed by atoms with van der Waals surface area (Å²) in [5, 5.41) is 2.61. The third-order valence-corrected chi connectivity index (χ3v) is 3.78. The number of benzene rings is 2. The SMILES string of the molecule is CC(C)c1ccc(CCC(=O)Nc2ccc(C(F)(F)F)cc2)cc1. The standard InChI is InChI=1S/C19H20F3NO/c1-13(2)15-6-3-14(4-7-15)5-12-18(24)23-17-10-8-16(9-11-17)19(20,21)22/h3-4,6-11,13H,5,12H2,1-2H3,(H,23,24). The highest BCUT2D eigenvalue weighted by molar-refractivity contribution is 5.90. The molecule has 0 bridgehead atoms. The highest BCUT2D eigenvalue weighted by Gasteiger charge is 2.29. The molecule has 0 atom stereocenters. The van der Waals surface area contributed by atoms with Crippen LogP contribution in [-0.2, 0) is 17.4 Å². The Kier molecular flexibility index (Phi) is 5.65. The van der Waals surface area contributed by atoms with Gasteiger partial charge < -0.3 is 5.32 Å². The molecule has 0 heterocycles. The van der Waals surface area contributed by atoms with Gasteiger partial charge in [-0.05, 0) is 47.7 Å². The minimum Gasteiger partial charge on any atom is -0.326 e. The first-order valence-electron chi connectivity index (χ1n) is 7.81. The molecule has 128 valence electrons. The van der Waals surface area contributed by atoms with Crippen LogP contribution in [0.1, 0.15) is 42.9 Å². The highest BCUT2D eigenvalue weighted by Crippen LogP contribution is 2.29. The van der Waals surface area contributed by atoms with Gasteiger partial charge in [0.2, 0.25) is 5.91 Å². The normalized spacial score (nSPS) is 11.6. The zero-order valence-corrected chi connectivity index (χ0v) is 13.7. The number of hydrogen-bond acceptors (Lipinski definition) is 1. The van der Waals surface area contributed by atoms with Crippen molar-refractivity contribution in [3.05, 3.63) is 65.2 Å². The third kappa shape index (κ3) is 5.11. The van der Waals surface area contributed by atoms with Gasteiger partial charge in [0.05, 0.1) is 5.56 Å². The van der Waals surface area contributed by atoms with E-state index in [9.17, 15) is 18.0 Å². The average molecular weight is 335 g/mol. The van der Waals surface area contributed by atoms with Crippen molar-refractivity contribution in [2.24, 2.45) is 0 Å². The number of alkyl halides is 3. The van der Waals surface area contributed by atoms with Gasteiger partial charge in [-0.25, -0.2) is 0 Å². The molecule has 0 fully saturated rings. The summed E-state index contributed by atoms with van der Waals surface area (Å²) >= 11 is 0. The van der Waals surface area contributed by atoms with Crippen LogP contribution in [0.25, 0.3) is 0 Å². The lowest BCUT2D eigenvalue weighted by Gasteiger charge is -2.09. The summed E-state index contributed by atoms with van der Waals surface area (Å²) in [5.74, 6) is 0.240. The first kappa shape index (κ1) is 18.0. The molecular formula is C19H20F3NO. The maximum absolute atomic E-state index is 12.5. The van der Waals surface area contributed by atoms with Crippen LogP contribution in [0.5, 0.6) is 0 Å². The fourth-order valence-corrected chi connectivity index (χ4v) is 2.29. The first-order valence-corrected chi connectivity index (χ1v) is 7.81. The Bertz CT molecular complexity index is 673. The summed E-state index contributed by atoms with van der Waals surface area (Å²) in [7, 11) is 0. The Hall–Kier alpha value is -2.30. The summed E-state index contributed by atoms with van der Waals surface area (Å²) < 4.78 is 37.4. The van der Waals surface area contributed by atoms with Crippen molar-refractivity contribution in [3.8, 4) is 0 Å². The molecule has 0 radical (unpaired) electrons. The van der Waals surface area contributed by atoms with Crippen LogP contribution >= 0.6 is 0 Å². The summed E-state index contributed by atoms with van der Waals surface area (Å²) in [4.78, 5) is 11.9. The summed E-state index contributed by atoms with van der Waals surface area (Å²) in [5.41, 5.74) is 1.93. The van der Waals surface area contributed by atoms with Gasteiger partial charge in [0.25, 0.3) is 0 Å². The molecule has 0 saturated heterocycles. The largest absolute Gasteiger partial charge is 0.416 e. The second kappa shape index (κ2) is 7.51. The topological polar surface area (TPSA) is 29.1 Å². The number of carbonyl (C=O) groups is 1. The molecule has 0 saturated carbocycles. The maximum atomic E-state index is 12.5. The van der Waals surface area contributed by atoms with Gasteiger partial charge >= 0.3 is 6.18 Å². The molecule has 0 aromatic heterocycles. The average Bonchev–Trinajstić information content (AvgIpc) is 2.53. The molecular weight excluding hydrogens is 315 g/mol. The van der Waals surface area contributed by atoms with Gasteiger partial charge in [-0.15, -0.1) is 0 Å². The van der Waals surface area contributed by atoms with Gasteiger partial charge in [0, 0.05) is 12.1 Å². The van der Waals surface area contributed by atoms with E-state index in [0.717, 1.165) is 17.7 Å². The van der Waals surface area contributed by atoms with Crippen LogP contribution in [0.15, 0.2) is 48.5 Å². The predicted octanol–water partition coefficient (Wildman–Crippen LogP) is 5.40. The van der Waals surface area contributed by atoms with E-state index in [-0.39, 0.29) is 12.3 Å². The van der Waals surface area contributed by atoms with Crippen LogP contribution in [0, 0.1) is 0 Å². The lowest BCUT2D eigenvalue weighted by Crippen LogP contribution is -2.12. The van der Waals surface area contributed by atoms with Crippen molar-refractivity contribution in [1.82, 2.24) is 0 Å². The predicted molar refractivity (Wildman–Crippen MR) is 88.9 cm³/mol. The lowest BCUT2D eigenvalue weighted by molar-refractivity contribution is -0.137. The fourth-order valence-electron chi connectivity index (χ4n) is 2.29. The van der Waals surface area contributed by atoms with Crippen LogP contribution < -0.4 is 5.32 Å². The molecule has 2 aromatic carbocycles. The number of amides is 1. The van der Waals surface area contributed by atoms with Gasteiger partial charge in [-0.3, -0.25) is 4.79 Å². The van der Waals surface area contributed by atoms with Crippen molar-refractivity contribution in [1.29, 1.82) is 0 Å². The van der Waals surface area contributed by atoms with Crippen molar-refractivity contribution < 1.29 is 18.0 Å². The number of aryl methyl sites for hydroxylation is 1. The van der Waals surface area contributed by atoms with Crippen LogP contribution in [0.4, 0.5) is 18.9 Å². The molecule has 1 amide bonds. The number of rotatable bonds is 5. The molecule has 2 nitrogen and oxygen atoms in total. The molecule has 2 rings (SSSR count). The van der Waals surface area contributed by atoms with Gasteiger partial charge in [0.15, 0.2) is 0 Å². The molecule has 2 aromatic rings.